The molecule has 0 atom stereocenters. The second kappa shape index (κ2) is 15.7. The minimum absolute atomic E-state index is 0.0875. The molecule has 0 saturated heterocycles. The number of rotatable bonds is 14. The van der Waals surface area contributed by atoms with E-state index in [0.29, 0.717) is 0 Å². The SMILES string of the molecule is CCCC1CCC(CCc2ccc(O[B]Oc3ccc(CCC4CCC(CCC)CC4)cc3F)c(F)c2)CC1. The standard InChI is InChI=1S/C34H48BF2O2/c1-3-5-25-7-11-27(12-8-25)15-17-29-19-21-33(31(36)23-29)38-35-39-34-22-20-30(24-32(34)37)18-16-28-13-9-26(6-4-2)10-14-28/h19-28H,3-18H2,1-2H3. The van der Waals surface area contributed by atoms with Crippen LogP contribution in [-0.2, 0) is 12.8 Å². The molecule has 39 heavy (non-hydrogen) atoms. The summed E-state index contributed by atoms with van der Waals surface area (Å²) in [5.41, 5.74) is 1.99. The normalized spacial score (nSPS) is 23.4. The van der Waals surface area contributed by atoms with Crippen molar-refractivity contribution in [2.75, 3.05) is 0 Å². The minimum atomic E-state index is -0.418. The van der Waals surface area contributed by atoms with Crippen LogP contribution in [0, 0.1) is 35.3 Å². The molecule has 0 N–H and O–H groups in total. The Balaban J connectivity index is 1.16. The lowest BCUT2D eigenvalue weighted by molar-refractivity contribution is 0.252. The summed E-state index contributed by atoms with van der Waals surface area (Å²) in [4.78, 5) is 0. The van der Waals surface area contributed by atoms with Gasteiger partial charge in [-0.3, -0.25) is 0 Å². The van der Waals surface area contributed by atoms with Gasteiger partial charge in [0, 0.05) is 0 Å². The van der Waals surface area contributed by atoms with Crippen LogP contribution in [0.5, 0.6) is 11.5 Å². The van der Waals surface area contributed by atoms with E-state index in [-0.39, 0.29) is 11.5 Å². The lowest BCUT2D eigenvalue weighted by atomic mass is 9.78. The first-order chi connectivity index (χ1) is 19.0. The van der Waals surface area contributed by atoms with Crippen molar-refractivity contribution in [3.8, 4) is 11.5 Å². The Morgan fingerprint density at radius 2 is 0.949 bits per heavy atom. The van der Waals surface area contributed by atoms with Crippen LogP contribution in [0.3, 0.4) is 0 Å². The van der Waals surface area contributed by atoms with Gasteiger partial charge in [0.25, 0.3) is 0 Å². The first kappa shape index (κ1) is 29.9. The second-order valence-electron chi connectivity index (χ2n) is 12.3. The number of benzene rings is 2. The Labute approximate surface area is 236 Å². The molecule has 2 saturated carbocycles. The molecular weight excluding hydrogens is 489 g/mol. The molecule has 4 rings (SSSR count). The van der Waals surface area contributed by atoms with Crippen LogP contribution in [0.15, 0.2) is 36.4 Å². The van der Waals surface area contributed by atoms with Gasteiger partial charge < -0.3 is 9.31 Å². The lowest BCUT2D eigenvalue weighted by Gasteiger charge is -2.28. The van der Waals surface area contributed by atoms with Gasteiger partial charge in [-0.2, -0.15) is 0 Å². The zero-order valence-corrected chi connectivity index (χ0v) is 24.2. The van der Waals surface area contributed by atoms with Crippen LogP contribution in [-0.4, -0.2) is 7.69 Å². The van der Waals surface area contributed by atoms with Gasteiger partial charge in [-0.1, -0.05) is 103 Å². The third kappa shape index (κ3) is 9.53. The number of hydrogen-bond acceptors (Lipinski definition) is 2. The highest BCUT2D eigenvalue weighted by atomic mass is 19.1. The molecule has 0 aromatic heterocycles. The van der Waals surface area contributed by atoms with E-state index in [1.165, 1.54) is 77.0 Å². The Morgan fingerprint density at radius 1 is 0.590 bits per heavy atom. The van der Waals surface area contributed by atoms with Crippen molar-refractivity contribution in [3.05, 3.63) is 59.2 Å². The molecule has 0 aliphatic heterocycles. The lowest BCUT2D eigenvalue weighted by Crippen LogP contribution is -2.15. The summed E-state index contributed by atoms with van der Waals surface area (Å²) in [6, 6.07) is 10.2. The third-order valence-electron chi connectivity index (χ3n) is 9.35. The van der Waals surface area contributed by atoms with E-state index < -0.39 is 11.6 Å². The maximum absolute atomic E-state index is 14.6. The topological polar surface area (TPSA) is 18.5 Å². The minimum Gasteiger partial charge on any atom is -0.524 e. The van der Waals surface area contributed by atoms with Crippen molar-refractivity contribution in [1.82, 2.24) is 0 Å². The maximum Gasteiger partial charge on any atom is 0.658 e. The van der Waals surface area contributed by atoms with Gasteiger partial charge in [0.1, 0.15) is 11.5 Å². The second-order valence-corrected chi connectivity index (χ2v) is 12.3. The first-order valence-electron chi connectivity index (χ1n) is 15.8. The molecule has 5 heteroatoms. The summed E-state index contributed by atoms with van der Waals surface area (Å²) < 4.78 is 40.0. The van der Waals surface area contributed by atoms with E-state index in [0.717, 1.165) is 68.2 Å². The predicted molar refractivity (Wildman–Crippen MR) is 157 cm³/mol. The van der Waals surface area contributed by atoms with Crippen LogP contribution in [0.25, 0.3) is 0 Å². The average Bonchev–Trinajstić information content (AvgIpc) is 2.95. The Bertz CT molecular complexity index is 917. The van der Waals surface area contributed by atoms with Crippen LogP contribution in [0.2, 0.25) is 0 Å². The van der Waals surface area contributed by atoms with Gasteiger partial charge in [-0.05, 0) is 84.7 Å². The van der Waals surface area contributed by atoms with E-state index in [1.807, 2.05) is 12.1 Å². The molecule has 0 heterocycles. The van der Waals surface area contributed by atoms with E-state index in [4.69, 9.17) is 9.31 Å². The summed E-state index contributed by atoms with van der Waals surface area (Å²) in [5.74, 6) is 2.67. The highest BCUT2D eigenvalue weighted by Gasteiger charge is 2.22. The fourth-order valence-corrected chi connectivity index (χ4v) is 6.89. The molecule has 1 radical (unpaired) electrons. The molecule has 2 aromatic rings. The van der Waals surface area contributed by atoms with E-state index in [2.05, 4.69) is 13.8 Å². The number of aryl methyl sites for hydroxylation is 2. The molecular formula is C34H48BF2O2. The van der Waals surface area contributed by atoms with Gasteiger partial charge in [-0.25, -0.2) is 8.78 Å². The van der Waals surface area contributed by atoms with E-state index in [9.17, 15) is 8.78 Å². The molecule has 0 spiro atoms. The third-order valence-corrected chi connectivity index (χ3v) is 9.35. The van der Waals surface area contributed by atoms with Crippen molar-refractivity contribution in [2.45, 2.75) is 117 Å². The van der Waals surface area contributed by atoms with Gasteiger partial charge in [0.15, 0.2) is 11.6 Å². The summed E-state index contributed by atoms with van der Waals surface area (Å²) >= 11 is 0. The quantitative estimate of drug-likeness (QED) is 0.223. The van der Waals surface area contributed by atoms with Crippen LogP contribution >= 0.6 is 0 Å². The molecule has 2 fully saturated rings. The number of hydrogen-bond donors (Lipinski definition) is 0. The highest BCUT2D eigenvalue weighted by Crippen LogP contribution is 2.35. The van der Waals surface area contributed by atoms with Crippen LogP contribution < -0.4 is 9.31 Å². The molecule has 2 aliphatic rings. The predicted octanol–water partition coefficient (Wildman–Crippen LogP) is 10.0. The van der Waals surface area contributed by atoms with Crippen LogP contribution in [0.1, 0.15) is 115 Å². The van der Waals surface area contributed by atoms with Crippen molar-refractivity contribution in [2.24, 2.45) is 23.7 Å². The summed E-state index contributed by atoms with van der Waals surface area (Å²) in [6.07, 6.45) is 19.9. The molecule has 2 aromatic carbocycles. The molecule has 2 aliphatic carbocycles. The average molecular weight is 538 g/mol. The zero-order valence-electron chi connectivity index (χ0n) is 24.2. The Morgan fingerprint density at radius 3 is 1.28 bits per heavy atom. The largest absolute Gasteiger partial charge is 0.658 e. The molecule has 0 bridgehead atoms. The summed E-state index contributed by atoms with van der Waals surface area (Å²) in [5, 5.41) is 0. The smallest absolute Gasteiger partial charge is 0.524 e. The molecule has 213 valence electrons. The molecule has 2 nitrogen and oxygen atoms in total. The van der Waals surface area contributed by atoms with Gasteiger partial charge in [0.2, 0.25) is 0 Å². The fraction of sp³-hybridized carbons (Fsp3) is 0.647. The Kier molecular flexibility index (Phi) is 12.0. The summed E-state index contributed by atoms with van der Waals surface area (Å²) in [6.45, 7) is 4.54. The van der Waals surface area contributed by atoms with Crippen LogP contribution in [0.4, 0.5) is 8.78 Å². The first-order valence-corrected chi connectivity index (χ1v) is 15.8. The van der Waals surface area contributed by atoms with Crippen molar-refractivity contribution >= 4 is 7.69 Å². The van der Waals surface area contributed by atoms with Crippen molar-refractivity contribution in [3.63, 3.8) is 0 Å². The van der Waals surface area contributed by atoms with Crippen molar-refractivity contribution < 1.29 is 18.1 Å². The molecule has 0 unspecified atom stereocenters. The van der Waals surface area contributed by atoms with Gasteiger partial charge in [-0.15, -0.1) is 0 Å². The zero-order chi connectivity index (χ0) is 27.5. The van der Waals surface area contributed by atoms with Gasteiger partial charge >= 0.3 is 7.69 Å². The summed E-state index contributed by atoms with van der Waals surface area (Å²) in [7, 11) is 1.01. The highest BCUT2D eigenvalue weighted by molar-refractivity contribution is 6.20. The number of halogens is 2. The molecule has 0 amide bonds. The van der Waals surface area contributed by atoms with Gasteiger partial charge in [0.05, 0.1) is 0 Å². The van der Waals surface area contributed by atoms with Crippen molar-refractivity contribution in [1.29, 1.82) is 0 Å². The maximum atomic E-state index is 14.6. The van der Waals surface area contributed by atoms with E-state index in [1.54, 1.807) is 24.3 Å². The Hall–Kier alpha value is -2.04. The van der Waals surface area contributed by atoms with E-state index >= 15 is 0 Å². The fourth-order valence-electron chi connectivity index (χ4n) is 6.89. The monoisotopic (exact) mass is 537 g/mol.